The second kappa shape index (κ2) is 3.42. The highest BCUT2D eigenvalue weighted by Crippen LogP contribution is 2.22. The van der Waals surface area contributed by atoms with Crippen LogP contribution in [0, 0.1) is 5.82 Å². The number of hydrogen-bond acceptors (Lipinski definition) is 2. The van der Waals surface area contributed by atoms with Crippen LogP contribution in [-0.4, -0.2) is 19.0 Å². The van der Waals surface area contributed by atoms with Gasteiger partial charge in [-0.2, -0.15) is 0 Å². The van der Waals surface area contributed by atoms with E-state index in [-0.39, 0.29) is 5.82 Å². The van der Waals surface area contributed by atoms with E-state index < -0.39 is 0 Å². The topological polar surface area (TPSA) is 16.4 Å². The van der Waals surface area contributed by atoms with E-state index >= 15 is 0 Å². The van der Waals surface area contributed by atoms with E-state index in [1.807, 2.05) is 19.0 Å². The van der Waals surface area contributed by atoms with Gasteiger partial charge in [0, 0.05) is 17.5 Å². The van der Waals surface area contributed by atoms with Crippen LogP contribution in [0.2, 0.25) is 0 Å². The molecule has 0 aliphatic rings. The van der Waals surface area contributed by atoms with Gasteiger partial charge in [0.15, 0.2) is 0 Å². The normalized spacial score (nSPS) is 11.4. The minimum absolute atomic E-state index is 0.223. The Balaban J connectivity index is 2.50. The highest BCUT2D eigenvalue weighted by Gasteiger charge is 2.07. The zero-order chi connectivity index (χ0) is 10.1. The third kappa shape index (κ3) is 1.63. The summed E-state index contributed by atoms with van der Waals surface area (Å²) in [5.41, 5.74) is 1.76. The fourth-order valence-corrected chi connectivity index (χ4v) is 1.52. The zero-order valence-electron chi connectivity index (χ0n) is 8.25. The molecule has 3 heteroatoms. The molecular weight excluding hydrogens is 181 g/mol. The number of fused-ring (bicyclic) bond motifs is 1. The molecule has 0 spiro atoms. The molecule has 2 rings (SSSR count). The first-order valence-corrected chi connectivity index (χ1v) is 4.47. The van der Waals surface area contributed by atoms with Crippen LogP contribution in [0.1, 0.15) is 5.56 Å². The van der Waals surface area contributed by atoms with Crippen LogP contribution in [0.4, 0.5) is 4.39 Å². The quantitative estimate of drug-likeness (QED) is 0.729. The maximum absolute atomic E-state index is 13.0. The Morgan fingerprint density at radius 3 is 2.86 bits per heavy atom. The first kappa shape index (κ1) is 9.21. The SMILES string of the molecule is CN(C)Cc1coc2ccc(F)cc12. The van der Waals surface area contributed by atoms with Gasteiger partial charge in [-0.25, -0.2) is 4.39 Å². The predicted octanol–water partition coefficient (Wildman–Crippen LogP) is 2.63. The number of rotatable bonds is 2. The van der Waals surface area contributed by atoms with E-state index in [9.17, 15) is 4.39 Å². The van der Waals surface area contributed by atoms with Gasteiger partial charge >= 0.3 is 0 Å². The minimum atomic E-state index is -0.223. The van der Waals surface area contributed by atoms with Crippen molar-refractivity contribution in [3.63, 3.8) is 0 Å². The van der Waals surface area contributed by atoms with Crippen molar-refractivity contribution < 1.29 is 8.81 Å². The molecule has 0 saturated heterocycles. The van der Waals surface area contributed by atoms with E-state index in [0.717, 1.165) is 23.1 Å². The van der Waals surface area contributed by atoms with Gasteiger partial charge in [-0.05, 0) is 32.3 Å². The summed E-state index contributed by atoms with van der Waals surface area (Å²) in [7, 11) is 3.94. The molecule has 2 nitrogen and oxygen atoms in total. The van der Waals surface area contributed by atoms with Gasteiger partial charge < -0.3 is 9.32 Å². The lowest BCUT2D eigenvalue weighted by molar-refractivity contribution is 0.401. The molecule has 0 N–H and O–H groups in total. The van der Waals surface area contributed by atoms with Gasteiger partial charge in [-0.15, -0.1) is 0 Å². The molecule has 14 heavy (non-hydrogen) atoms. The van der Waals surface area contributed by atoms with Crippen molar-refractivity contribution in [2.75, 3.05) is 14.1 Å². The molecule has 1 heterocycles. The van der Waals surface area contributed by atoms with E-state index in [0.29, 0.717) is 0 Å². The summed E-state index contributed by atoms with van der Waals surface area (Å²) < 4.78 is 18.3. The average Bonchev–Trinajstić information content (AvgIpc) is 2.47. The Bertz CT molecular complexity index is 447. The molecule has 74 valence electrons. The molecule has 0 bridgehead atoms. The summed E-state index contributed by atoms with van der Waals surface area (Å²) in [6.45, 7) is 0.760. The van der Waals surface area contributed by atoms with Crippen molar-refractivity contribution in [3.05, 3.63) is 35.8 Å². The van der Waals surface area contributed by atoms with Gasteiger partial charge in [-0.3, -0.25) is 0 Å². The molecule has 0 amide bonds. The number of hydrogen-bond donors (Lipinski definition) is 0. The van der Waals surface area contributed by atoms with Crippen molar-refractivity contribution in [2.24, 2.45) is 0 Å². The van der Waals surface area contributed by atoms with Crippen LogP contribution in [0.3, 0.4) is 0 Å². The molecule has 0 radical (unpaired) electrons. The number of furan rings is 1. The minimum Gasteiger partial charge on any atom is -0.464 e. The van der Waals surface area contributed by atoms with Crippen molar-refractivity contribution in [1.29, 1.82) is 0 Å². The molecule has 0 saturated carbocycles. The molecular formula is C11H12FNO. The van der Waals surface area contributed by atoms with Gasteiger partial charge in [0.25, 0.3) is 0 Å². The van der Waals surface area contributed by atoms with E-state index in [1.165, 1.54) is 12.1 Å². The predicted molar refractivity (Wildman–Crippen MR) is 53.6 cm³/mol. The van der Waals surface area contributed by atoms with Crippen LogP contribution >= 0.6 is 0 Å². The lowest BCUT2D eigenvalue weighted by Gasteiger charge is -2.06. The van der Waals surface area contributed by atoms with Crippen molar-refractivity contribution in [2.45, 2.75) is 6.54 Å². The molecule has 0 aliphatic carbocycles. The maximum atomic E-state index is 13.0. The number of benzene rings is 1. The third-order valence-electron chi connectivity index (χ3n) is 2.10. The van der Waals surface area contributed by atoms with E-state index in [2.05, 4.69) is 0 Å². The Hall–Kier alpha value is -1.35. The second-order valence-corrected chi connectivity index (χ2v) is 3.64. The van der Waals surface area contributed by atoms with Crippen molar-refractivity contribution in [3.8, 4) is 0 Å². The third-order valence-corrected chi connectivity index (χ3v) is 2.10. The van der Waals surface area contributed by atoms with Crippen LogP contribution < -0.4 is 0 Å². The lowest BCUT2D eigenvalue weighted by Crippen LogP contribution is -2.09. The van der Waals surface area contributed by atoms with Crippen LogP contribution in [0.5, 0.6) is 0 Å². The number of halogens is 1. The fraction of sp³-hybridized carbons (Fsp3) is 0.273. The monoisotopic (exact) mass is 193 g/mol. The molecule has 2 aromatic rings. The van der Waals surface area contributed by atoms with Crippen molar-refractivity contribution >= 4 is 11.0 Å². The van der Waals surface area contributed by atoms with Gasteiger partial charge in [0.05, 0.1) is 6.26 Å². The van der Waals surface area contributed by atoms with Gasteiger partial charge in [-0.1, -0.05) is 0 Å². The fourth-order valence-electron chi connectivity index (χ4n) is 1.52. The van der Waals surface area contributed by atoms with Crippen LogP contribution in [-0.2, 0) is 6.54 Å². The molecule has 0 atom stereocenters. The summed E-state index contributed by atoms with van der Waals surface area (Å²) in [6, 6.07) is 4.58. The summed E-state index contributed by atoms with van der Waals surface area (Å²) in [4.78, 5) is 2.02. The highest BCUT2D eigenvalue weighted by molar-refractivity contribution is 5.80. The second-order valence-electron chi connectivity index (χ2n) is 3.64. The van der Waals surface area contributed by atoms with Gasteiger partial charge in [0.2, 0.25) is 0 Å². The molecule has 1 aromatic carbocycles. The van der Waals surface area contributed by atoms with Crippen molar-refractivity contribution in [1.82, 2.24) is 4.90 Å². The van der Waals surface area contributed by atoms with E-state index in [1.54, 1.807) is 12.3 Å². The summed E-state index contributed by atoms with van der Waals surface area (Å²) in [6.07, 6.45) is 1.68. The standard InChI is InChI=1S/C11H12FNO/c1-13(2)6-8-7-14-11-4-3-9(12)5-10(8)11/h3-5,7H,6H2,1-2H3. The summed E-state index contributed by atoms with van der Waals surface area (Å²) in [5.74, 6) is -0.223. The Labute approximate surface area is 81.9 Å². The van der Waals surface area contributed by atoms with Crippen LogP contribution in [0.15, 0.2) is 28.9 Å². The lowest BCUT2D eigenvalue weighted by atomic mass is 10.1. The van der Waals surface area contributed by atoms with E-state index in [4.69, 9.17) is 4.42 Å². The molecule has 1 aromatic heterocycles. The molecule has 0 fully saturated rings. The summed E-state index contributed by atoms with van der Waals surface area (Å²) in [5, 5.41) is 0.860. The Morgan fingerprint density at radius 1 is 1.36 bits per heavy atom. The maximum Gasteiger partial charge on any atom is 0.134 e. The summed E-state index contributed by atoms with van der Waals surface area (Å²) >= 11 is 0. The Kier molecular flexibility index (Phi) is 2.25. The average molecular weight is 193 g/mol. The molecule has 0 unspecified atom stereocenters. The Morgan fingerprint density at radius 2 is 2.14 bits per heavy atom. The molecule has 0 aliphatic heterocycles. The highest BCUT2D eigenvalue weighted by atomic mass is 19.1. The smallest absolute Gasteiger partial charge is 0.134 e. The number of nitrogens with zero attached hydrogens (tertiary/aromatic N) is 1. The van der Waals surface area contributed by atoms with Gasteiger partial charge in [0.1, 0.15) is 11.4 Å². The zero-order valence-corrected chi connectivity index (χ0v) is 8.25. The largest absolute Gasteiger partial charge is 0.464 e. The van der Waals surface area contributed by atoms with Crippen LogP contribution in [0.25, 0.3) is 11.0 Å². The first-order chi connectivity index (χ1) is 6.66. The first-order valence-electron chi connectivity index (χ1n) is 4.47.